The maximum atomic E-state index is 11.5. The van der Waals surface area contributed by atoms with E-state index in [2.05, 4.69) is 26.1 Å². The predicted molar refractivity (Wildman–Crippen MR) is 138 cm³/mol. The molecule has 1 aliphatic rings. The second-order valence-corrected chi connectivity index (χ2v) is 8.84. The number of hydrogen-bond acceptors (Lipinski definition) is 6. The molecule has 0 spiro atoms. The lowest BCUT2D eigenvalue weighted by Gasteiger charge is -2.43. The summed E-state index contributed by atoms with van der Waals surface area (Å²) in [4.78, 5) is 11.5. The van der Waals surface area contributed by atoms with Gasteiger partial charge in [-0.25, -0.2) is 0 Å². The van der Waals surface area contributed by atoms with Gasteiger partial charge >= 0.3 is 0 Å². The summed E-state index contributed by atoms with van der Waals surface area (Å²) in [5.74, 6) is 0.603. The van der Waals surface area contributed by atoms with E-state index in [9.17, 15) is 4.79 Å². The molecule has 4 atom stereocenters. The van der Waals surface area contributed by atoms with Crippen molar-refractivity contribution in [3.63, 3.8) is 0 Å². The van der Waals surface area contributed by atoms with Gasteiger partial charge in [-0.2, -0.15) is 0 Å². The fourth-order valence-electron chi connectivity index (χ4n) is 3.76. The highest BCUT2D eigenvalue weighted by atomic mass is 16.7. The minimum atomic E-state index is -0.677. The maximum absolute atomic E-state index is 11.5. The van der Waals surface area contributed by atoms with Crippen molar-refractivity contribution in [3.05, 3.63) is 42.0 Å². The van der Waals surface area contributed by atoms with Crippen LogP contribution in [0, 0.1) is 0 Å². The molecule has 1 N–H and O–H groups in total. The minimum Gasteiger partial charge on any atom is -0.461 e. The van der Waals surface area contributed by atoms with E-state index in [0.717, 1.165) is 44.1 Å². The molecule has 0 bridgehead atoms. The van der Waals surface area contributed by atoms with Gasteiger partial charge in [0.2, 0.25) is 12.2 Å². The monoisotopic (exact) mass is 491 g/mol. The predicted octanol–water partition coefficient (Wildman–Crippen LogP) is 5.04. The molecule has 1 aliphatic heterocycles. The van der Waals surface area contributed by atoms with Crippen molar-refractivity contribution in [1.82, 2.24) is 5.32 Å². The zero-order valence-electron chi connectivity index (χ0n) is 22.0. The molecule has 7 nitrogen and oxygen atoms in total. The van der Waals surface area contributed by atoms with Crippen LogP contribution < -0.4 is 10.1 Å². The topological polar surface area (TPSA) is 75.2 Å². The molecule has 2 rings (SSSR count). The van der Waals surface area contributed by atoms with Gasteiger partial charge in [-0.05, 0) is 31.4 Å². The van der Waals surface area contributed by atoms with Gasteiger partial charge in [0.05, 0.1) is 6.61 Å². The Bertz CT molecular complexity index is 725. The first-order valence-corrected chi connectivity index (χ1v) is 13.2. The normalized spacial score (nSPS) is 23.4. The number of benzene rings is 1. The van der Waals surface area contributed by atoms with Crippen LogP contribution in [0.15, 0.2) is 42.0 Å². The Hall–Kier alpha value is -1.93. The van der Waals surface area contributed by atoms with Gasteiger partial charge in [0, 0.05) is 38.9 Å². The summed E-state index contributed by atoms with van der Waals surface area (Å²) in [5, 5.41) is 2.84. The molecule has 1 unspecified atom stereocenters. The molecule has 0 aliphatic carbocycles. The van der Waals surface area contributed by atoms with Crippen molar-refractivity contribution in [2.45, 2.75) is 90.8 Å². The smallest absolute Gasteiger partial charge is 0.225 e. The standard InChI is InChI=1S/C28H45NO6/c1-5-8-18-31-21-25-27(33-20-10-7-3)26(32-19-9-6-2)24(16-17-29-22(4)30)28(35-25)34-23-14-12-11-13-15-23/h11-16,25-28H,5-10,17-21H2,1-4H3,(H,29,30)/b24-16-/t25-,26-,27+,28?/m1/s1. The number of carbonyl (C=O) groups is 1. The van der Waals surface area contributed by atoms with Crippen LogP contribution in [0.5, 0.6) is 5.75 Å². The zero-order chi connectivity index (χ0) is 25.3. The second kappa shape index (κ2) is 17.5. The molecule has 0 radical (unpaired) electrons. The third-order valence-electron chi connectivity index (χ3n) is 5.77. The Labute approximate surface area is 211 Å². The number of unbranched alkanes of at least 4 members (excludes halogenated alkanes) is 3. The van der Waals surface area contributed by atoms with E-state index in [1.165, 1.54) is 6.92 Å². The molecule has 0 saturated carbocycles. The Morgan fingerprint density at radius 3 is 2.29 bits per heavy atom. The first-order valence-electron chi connectivity index (χ1n) is 13.2. The second-order valence-electron chi connectivity index (χ2n) is 8.84. The molecule has 35 heavy (non-hydrogen) atoms. The first-order chi connectivity index (χ1) is 17.1. The highest BCUT2D eigenvalue weighted by molar-refractivity contribution is 5.72. The molecule has 1 aromatic rings. The maximum Gasteiger partial charge on any atom is 0.225 e. The van der Waals surface area contributed by atoms with E-state index >= 15 is 0 Å². The number of ether oxygens (including phenoxy) is 5. The fourth-order valence-corrected chi connectivity index (χ4v) is 3.76. The van der Waals surface area contributed by atoms with Crippen LogP contribution >= 0.6 is 0 Å². The number of nitrogens with one attached hydrogen (secondary N) is 1. The lowest BCUT2D eigenvalue weighted by Crippen LogP contribution is -2.55. The summed E-state index contributed by atoms with van der Waals surface area (Å²) in [7, 11) is 0. The average molecular weight is 492 g/mol. The SMILES string of the molecule is CCCCOC[C@H]1OC(Oc2ccccc2)/C(=C\CNC(C)=O)[C@@H](OCCCC)[C@H]1OCCCC. The lowest BCUT2D eigenvalue weighted by molar-refractivity contribution is -0.224. The van der Waals surface area contributed by atoms with E-state index in [1.807, 2.05) is 36.4 Å². The first kappa shape index (κ1) is 29.3. The number of amides is 1. The van der Waals surface area contributed by atoms with Gasteiger partial charge in [0.1, 0.15) is 24.1 Å². The van der Waals surface area contributed by atoms with Crippen molar-refractivity contribution in [2.75, 3.05) is 33.0 Å². The summed E-state index contributed by atoms with van der Waals surface area (Å²) in [6.07, 6.45) is 6.25. The molecule has 1 amide bonds. The molecule has 1 fully saturated rings. The Kier molecular flexibility index (Phi) is 14.6. The van der Waals surface area contributed by atoms with Crippen molar-refractivity contribution < 1.29 is 28.5 Å². The van der Waals surface area contributed by atoms with Gasteiger partial charge in [-0.15, -0.1) is 0 Å². The van der Waals surface area contributed by atoms with Crippen molar-refractivity contribution in [3.8, 4) is 5.75 Å². The summed E-state index contributed by atoms with van der Waals surface area (Å²) in [6, 6.07) is 9.60. The average Bonchev–Trinajstić information content (AvgIpc) is 2.85. The van der Waals surface area contributed by atoms with Gasteiger partial charge in [-0.1, -0.05) is 64.3 Å². The third kappa shape index (κ3) is 10.7. The summed E-state index contributed by atoms with van der Waals surface area (Å²) in [5.41, 5.74) is 0.824. The van der Waals surface area contributed by atoms with E-state index in [-0.39, 0.29) is 24.2 Å². The van der Waals surface area contributed by atoms with Crippen molar-refractivity contribution in [2.24, 2.45) is 0 Å². The van der Waals surface area contributed by atoms with E-state index in [0.29, 0.717) is 38.7 Å². The van der Waals surface area contributed by atoms with Crippen molar-refractivity contribution >= 4 is 5.91 Å². The summed E-state index contributed by atoms with van der Waals surface area (Å²) in [6.45, 7) is 10.6. The van der Waals surface area contributed by atoms with E-state index < -0.39 is 6.29 Å². The molecular weight excluding hydrogens is 446 g/mol. The van der Waals surface area contributed by atoms with Crippen LogP contribution in [-0.4, -0.2) is 63.5 Å². The van der Waals surface area contributed by atoms with Gasteiger partial charge in [-0.3, -0.25) is 4.79 Å². The third-order valence-corrected chi connectivity index (χ3v) is 5.77. The Morgan fingerprint density at radius 1 is 0.971 bits per heavy atom. The molecule has 0 aromatic heterocycles. The number of rotatable bonds is 17. The van der Waals surface area contributed by atoms with Gasteiger partial charge in [0.15, 0.2) is 0 Å². The molecule has 1 aromatic carbocycles. The molecular formula is C28H45NO6. The molecule has 7 heteroatoms. The fraction of sp³-hybridized carbons (Fsp3) is 0.679. The highest BCUT2D eigenvalue weighted by Crippen LogP contribution is 2.32. The van der Waals surface area contributed by atoms with Crippen LogP contribution in [0.1, 0.15) is 66.2 Å². The lowest BCUT2D eigenvalue weighted by atomic mass is 9.95. The van der Waals surface area contributed by atoms with E-state index in [4.69, 9.17) is 23.7 Å². The van der Waals surface area contributed by atoms with Crippen LogP contribution in [0.4, 0.5) is 0 Å². The van der Waals surface area contributed by atoms with Crippen LogP contribution in [0.2, 0.25) is 0 Å². The van der Waals surface area contributed by atoms with Gasteiger partial charge in [0.25, 0.3) is 0 Å². The molecule has 1 saturated heterocycles. The van der Waals surface area contributed by atoms with E-state index in [1.54, 1.807) is 0 Å². The zero-order valence-corrected chi connectivity index (χ0v) is 22.0. The Balaban J connectivity index is 2.35. The van der Waals surface area contributed by atoms with Crippen LogP contribution in [0.25, 0.3) is 0 Å². The van der Waals surface area contributed by atoms with Crippen molar-refractivity contribution in [1.29, 1.82) is 0 Å². The number of para-hydroxylation sites is 1. The number of carbonyl (C=O) groups excluding carboxylic acids is 1. The minimum absolute atomic E-state index is 0.0968. The quantitative estimate of drug-likeness (QED) is 0.243. The summed E-state index contributed by atoms with van der Waals surface area (Å²) >= 11 is 0. The molecule has 198 valence electrons. The van der Waals surface area contributed by atoms with Crippen LogP contribution in [-0.2, 0) is 23.7 Å². The van der Waals surface area contributed by atoms with Gasteiger partial charge < -0.3 is 29.0 Å². The number of hydrogen-bond donors (Lipinski definition) is 1. The Morgan fingerprint density at radius 2 is 1.63 bits per heavy atom. The molecule has 1 heterocycles. The summed E-state index contributed by atoms with van der Waals surface area (Å²) < 4.78 is 31.6. The largest absolute Gasteiger partial charge is 0.461 e. The van der Waals surface area contributed by atoms with Crippen LogP contribution in [0.3, 0.4) is 0 Å². The highest BCUT2D eigenvalue weighted by Gasteiger charge is 2.45.